The largest absolute Gasteiger partial charge is 0.496 e. The molecule has 1 aliphatic carbocycles. The normalized spacial score (nSPS) is 18.0. The molecule has 76 valence electrons. The van der Waals surface area contributed by atoms with E-state index in [0.29, 0.717) is 15.8 Å². The highest BCUT2D eigenvalue weighted by atomic mass is 79.9. The number of halogens is 2. The van der Waals surface area contributed by atoms with E-state index in [-0.39, 0.29) is 5.82 Å². The third-order valence-electron chi connectivity index (χ3n) is 2.56. The maximum atomic E-state index is 13.5. The van der Waals surface area contributed by atoms with E-state index in [4.69, 9.17) is 10.5 Å². The Morgan fingerprint density at radius 3 is 2.64 bits per heavy atom. The van der Waals surface area contributed by atoms with E-state index in [0.717, 1.165) is 12.8 Å². The van der Waals surface area contributed by atoms with Crippen LogP contribution in [0.2, 0.25) is 0 Å². The van der Waals surface area contributed by atoms with Crippen molar-refractivity contribution < 1.29 is 9.13 Å². The van der Waals surface area contributed by atoms with Gasteiger partial charge < -0.3 is 10.5 Å². The number of ether oxygens (including phenoxy) is 1. The van der Waals surface area contributed by atoms with Crippen LogP contribution in [0.5, 0.6) is 5.75 Å². The van der Waals surface area contributed by atoms with Gasteiger partial charge in [-0.2, -0.15) is 0 Å². The smallest absolute Gasteiger partial charge is 0.133 e. The van der Waals surface area contributed by atoms with E-state index in [1.54, 1.807) is 13.2 Å². The highest BCUT2D eigenvalue weighted by molar-refractivity contribution is 9.10. The fourth-order valence-electron chi connectivity index (χ4n) is 1.53. The van der Waals surface area contributed by atoms with Crippen LogP contribution in [0.1, 0.15) is 18.4 Å². The van der Waals surface area contributed by atoms with Crippen molar-refractivity contribution in [3.63, 3.8) is 0 Å². The summed E-state index contributed by atoms with van der Waals surface area (Å²) in [7, 11) is 1.55. The molecule has 0 spiro atoms. The summed E-state index contributed by atoms with van der Waals surface area (Å²) in [6, 6.07) is 2.99. The first-order valence-corrected chi connectivity index (χ1v) is 5.19. The zero-order chi connectivity index (χ0) is 10.3. The summed E-state index contributed by atoms with van der Waals surface area (Å²) in [5, 5.41) is 0. The monoisotopic (exact) mass is 259 g/mol. The summed E-state index contributed by atoms with van der Waals surface area (Å²) in [5.74, 6) is 0.357. The summed E-state index contributed by atoms with van der Waals surface area (Å²) < 4.78 is 19.3. The molecule has 14 heavy (non-hydrogen) atoms. The number of methoxy groups -OCH3 is 1. The third-order valence-corrected chi connectivity index (χ3v) is 3.35. The lowest BCUT2D eigenvalue weighted by Crippen LogP contribution is -2.21. The third kappa shape index (κ3) is 1.42. The van der Waals surface area contributed by atoms with Crippen molar-refractivity contribution in [1.29, 1.82) is 0 Å². The van der Waals surface area contributed by atoms with Crippen LogP contribution in [0.4, 0.5) is 4.39 Å². The van der Waals surface area contributed by atoms with Gasteiger partial charge >= 0.3 is 0 Å². The Balaban J connectivity index is 2.56. The zero-order valence-electron chi connectivity index (χ0n) is 7.81. The Kier molecular flexibility index (Phi) is 2.27. The first-order valence-electron chi connectivity index (χ1n) is 4.40. The lowest BCUT2D eigenvalue weighted by Gasteiger charge is -2.15. The first kappa shape index (κ1) is 9.93. The van der Waals surface area contributed by atoms with Crippen molar-refractivity contribution in [2.24, 2.45) is 5.73 Å². The Labute approximate surface area is 90.4 Å². The second kappa shape index (κ2) is 3.21. The average Bonchev–Trinajstić information content (AvgIpc) is 2.85. The fourth-order valence-corrected chi connectivity index (χ4v) is 2.41. The number of hydrogen-bond acceptors (Lipinski definition) is 2. The minimum Gasteiger partial charge on any atom is -0.496 e. The molecule has 2 N–H and O–H groups in total. The van der Waals surface area contributed by atoms with Crippen LogP contribution in [0, 0.1) is 5.82 Å². The van der Waals surface area contributed by atoms with Gasteiger partial charge in [0.05, 0.1) is 11.6 Å². The second-order valence-electron chi connectivity index (χ2n) is 3.59. The fraction of sp³-hybridized carbons (Fsp3) is 0.400. The summed E-state index contributed by atoms with van der Waals surface area (Å²) in [4.78, 5) is 0. The molecule has 0 unspecified atom stereocenters. The lowest BCUT2D eigenvalue weighted by molar-refractivity contribution is 0.408. The van der Waals surface area contributed by atoms with Gasteiger partial charge in [-0.25, -0.2) is 4.39 Å². The SMILES string of the molecule is COc1ccc(F)c(C2(N)CC2)c1Br. The molecule has 0 atom stereocenters. The predicted molar refractivity (Wildman–Crippen MR) is 55.8 cm³/mol. The Hall–Kier alpha value is -0.610. The molecule has 0 amide bonds. The van der Waals surface area contributed by atoms with Gasteiger partial charge in [0.25, 0.3) is 0 Å². The van der Waals surface area contributed by atoms with Crippen LogP contribution < -0.4 is 10.5 Å². The molecule has 0 heterocycles. The van der Waals surface area contributed by atoms with Crippen molar-refractivity contribution in [2.45, 2.75) is 18.4 Å². The van der Waals surface area contributed by atoms with E-state index in [1.807, 2.05) is 0 Å². The quantitative estimate of drug-likeness (QED) is 0.886. The van der Waals surface area contributed by atoms with Crippen molar-refractivity contribution in [2.75, 3.05) is 7.11 Å². The van der Waals surface area contributed by atoms with Gasteiger partial charge in [0, 0.05) is 11.1 Å². The van der Waals surface area contributed by atoms with Gasteiger partial charge in [0.1, 0.15) is 11.6 Å². The number of nitrogens with two attached hydrogens (primary N) is 1. The molecule has 2 rings (SSSR count). The summed E-state index contributed by atoms with van der Waals surface area (Å²) in [5.41, 5.74) is 6.02. The van der Waals surface area contributed by atoms with E-state index in [9.17, 15) is 4.39 Å². The predicted octanol–water partition coefficient (Wildman–Crippen LogP) is 2.54. The maximum absolute atomic E-state index is 13.5. The average molecular weight is 260 g/mol. The van der Waals surface area contributed by atoms with Crippen molar-refractivity contribution in [1.82, 2.24) is 0 Å². The topological polar surface area (TPSA) is 35.2 Å². The van der Waals surface area contributed by atoms with Crippen molar-refractivity contribution >= 4 is 15.9 Å². The van der Waals surface area contributed by atoms with Gasteiger partial charge in [0.15, 0.2) is 0 Å². The molecule has 1 saturated carbocycles. The molecule has 4 heteroatoms. The van der Waals surface area contributed by atoms with E-state index < -0.39 is 5.54 Å². The molecule has 0 aliphatic heterocycles. The van der Waals surface area contributed by atoms with E-state index in [2.05, 4.69) is 15.9 Å². The number of rotatable bonds is 2. The van der Waals surface area contributed by atoms with Gasteiger partial charge in [-0.05, 0) is 40.9 Å². The maximum Gasteiger partial charge on any atom is 0.133 e. The van der Waals surface area contributed by atoms with Crippen LogP contribution in [0.15, 0.2) is 16.6 Å². The van der Waals surface area contributed by atoms with Gasteiger partial charge in [-0.1, -0.05) is 0 Å². The van der Waals surface area contributed by atoms with Crippen LogP contribution in [-0.4, -0.2) is 7.11 Å². The highest BCUT2D eigenvalue weighted by Crippen LogP contribution is 2.48. The molecule has 0 aromatic heterocycles. The summed E-state index contributed by atoms with van der Waals surface area (Å²) in [6.07, 6.45) is 1.66. The highest BCUT2D eigenvalue weighted by Gasteiger charge is 2.44. The molecular formula is C10H11BrFNO. The molecule has 2 nitrogen and oxygen atoms in total. The molecule has 1 aliphatic rings. The minimum absolute atomic E-state index is 0.266. The zero-order valence-corrected chi connectivity index (χ0v) is 9.40. The van der Waals surface area contributed by atoms with Gasteiger partial charge in [-0.15, -0.1) is 0 Å². The molecule has 0 radical (unpaired) electrons. The Morgan fingerprint density at radius 2 is 2.14 bits per heavy atom. The Bertz CT molecular complexity index is 377. The molecule has 0 bridgehead atoms. The van der Waals surface area contributed by atoms with E-state index >= 15 is 0 Å². The number of benzene rings is 1. The lowest BCUT2D eigenvalue weighted by atomic mass is 10.0. The minimum atomic E-state index is -0.489. The van der Waals surface area contributed by atoms with E-state index in [1.165, 1.54) is 6.07 Å². The van der Waals surface area contributed by atoms with Crippen LogP contribution in [0.3, 0.4) is 0 Å². The standard InChI is InChI=1S/C10H11BrFNO/c1-14-7-3-2-6(12)8(9(7)11)10(13)4-5-10/h2-3H,4-5,13H2,1H3. The van der Waals surface area contributed by atoms with Crippen LogP contribution >= 0.6 is 15.9 Å². The first-order chi connectivity index (χ1) is 6.58. The van der Waals surface area contributed by atoms with Gasteiger partial charge in [-0.3, -0.25) is 0 Å². The van der Waals surface area contributed by atoms with Crippen LogP contribution in [-0.2, 0) is 5.54 Å². The molecule has 1 aromatic rings. The molecular weight excluding hydrogens is 249 g/mol. The Morgan fingerprint density at radius 1 is 1.50 bits per heavy atom. The van der Waals surface area contributed by atoms with Gasteiger partial charge in [0.2, 0.25) is 0 Å². The molecule has 1 aromatic carbocycles. The van der Waals surface area contributed by atoms with Crippen LogP contribution in [0.25, 0.3) is 0 Å². The second-order valence-corrected chi connectivity index (χ2v) is 4.39. The summed E-state index contributed by atoms with van der Waals surface area (Å²) >= 11 is 3.32. The van der Waals surface area contributed by atoms with Crippen molar-refractivity contribution in [3.8, 4) is 5.75 Å². The number of hydrogen-bond donors (Lipinski definition) is 1. The molecule has 0 saturated heterocycles. The molecule has 1 fully saturated rings. The summed E-state index contributed by atoms with van der Waals surface area (Å²) in [6.45, 7) is 0. The van der Waals surface area contributed by atoms with Crippen molar-refractivity contribution in [3.05, 3.63) is 28.0 Å².